The van der Waals surface area contributed by atoms with Crippen molar-refractivity contribution in [1.82, 2.24) is 9.78 Å². The predicted molar refractivity (Wildman–Crippen MR) is 59.0 cm³/mol. The van der Waals surface area contributed by atoms with Gasteiger partial charge in [0.05, 0.1) is 5.02 Å². The van der Waals surface area contributed by atoms with E-state index < -0.39 is 0 Å². The maximum absolute atomic E-state index is 13.4. The molecule has 0 aliphatic rings. The zero-order chi connectivity index (χ0) is 11.5. The topological polar surface area (TPSA) is 27.1 Å². The summed E-state index contributed by atoms with van der Waals surface area (Å²) in [5.74, 6) is 0.0743. The van der Waals surface area contributed by atoms with Crippen molar-refractivity contribution in [1.29, 1.82) is 0 Å². The van der Waals surface area contributed by atoms with Crippen LogP contribution < -0.4 is 4.74 Å². The average Bonchev–Trinajstić information content (AvgIpc) is 2.63. The summed E-state index contributed by atoms with van der Waals surface area (Å²) >= 11 is 5.86. The minimum Gasteiger partial charge on any atom is -0.472 e. The molecule has 0 radical (unpaired) electrons. The Morgan fingerprint density at radius 1 is 1.44 bits per heavy atom. The second-order valence-electron chi connectivity index (χ2n) is 3.32. The summed E-state index contributed by atoms with van der Waals surface area (Å²) in [6, 6.07) is 6.24. The highest BCUT2D eigenvalue weighted by Crippen LogP contribution is 2.20. The molecule has 0 N–H and O–H groups in total. The van der Waals surface area contributed by atoms with Gasteiger partial charge in [-0.2, -0.15) is 0 Å². The third kappa shape index (κ3) is 2.33. The van der Waals surface area contributed by atoms with E-state index in [4.69, 9.17) is 16.3 Å². The van der Waals surface area contributed by atoms with Crippen LogP contribution in [0.4, 0.5) is 4.39 Å². The van der Waals surface area contributed by atoms with Crippen LogP contribution in [0.1, 0.15) is 5.56 Å². The molecule has 84 valence electrons. The summed E-state index contributed by atoms with van der Waals surface area (Å²) in [5, 5.41) is 4.37. The molecular formula is C11H10ClFN2O. The van der Waals surface area contributed by atoms with Crippen LogP contribution in [0.25, 0.3) is 0 Å². The van der Waals surface area contributed by atoms with Crippen LogP contribution in [0, 0.1) is 5.82 Å². The van der Waals surface area contributed by atoms with Gasteiger partial charge in [0.1, 0.15) is 12.4 Å². The number of benzene rings is 1. The standard InChI is InChI=1S/C11H10ClFN2O/c1-15-6-5-11(14-15)16-7-8-9(12)3-2-4-10(8)13/h2-6H,7H2,1H3. The van der Waals surface area contributed by atoms with Gasteiger partial charge in [0.15, 0.2) is 0 Å². The number of hydrogen-bond donors (Lipinski definition) is 0. The van der Waals surface area contributed by atoms with Crippen LogP contribution in [0.15, 0.2) is 30.5 Å². The van der Waals surface area contributed by atoms with E-state index in [0.29, 0.717) is 16.5 Å². The Morgan fingerprint density at radius 2 is 2.25 bits per heavy atom. The van der Waals surface area contributed by atoms with Gasteiger partial charge in [-0.1, -0.05) is 17.7 Å². The number of aryl methyl sites for hydroxylation is 1. The molecule has 0 atom stereocenters. The van der Waals surface area contributed by atoms with Gasteiger partial charge in [0, 0.05) is 24.9 Å². The lowest BCUT2D eigenvalue weighted by Gasteiger charge is -2.06. The maximum atomic E-state index is 13.4. The van der Waals surface area contributed by atoms with Gasteiger partial charge >= 0.3 is 0 Å². The monoisotopic (exact) mass is 240 g/mol. The zero-order valence-electron chi connectivity index (χ0n) is 8.65. The Bertz CT molecular complexity index is 478. The Labute approximate surface area is 97.4 Å². The van der Waals surface area contributed by atoms with Crippen molar-refractivity contribution in [2.24, 2.45) is 7.05 Å². The van der Waals surface area contributed by atoms with E-state index in [2.05, 4.69) is 5.10 Å². The third-order valence-electron chi connectivity index (χ3n) is 2.12. The Kier molecular flexibility index (Phi) is 3.10. The summed E-state index contributed by atoms with van der Waals surface area (Å²) in [5.41, 5.74) is 0.342. The van der Waals surface area contributed by atoms with Crippen molar-refractivity contribution >= 4 is 11.6 Å². The number of ether oxygens (including phenoxy) is 1. The largest absolute Gasteiger partial charge is 0.472 e. The van der Waals surface area contributed by atoms with Crippen molar-refractivity contribution in [3.05, 3.63) is 46.9 Å². The van der Waals surface area contributed by atoms with Gasteiger partial charge in [-0.3, -0.25) is 4.68 Å². The van der Waals surface area contributed by atoms with E-state index >= 15 is 0 Å². The van der Waals surface area contributed by atoms with E-state index in [1.807, 2.05) is 0 Å². The van der Waals surface area contributed by atoms with Gasteiger partial charge in [-0.15, -0.1) is 5.10 Å². The molecule has 2 aromatic rings. The molecular weight excluding hydrogens is 231 g/mol. The van der Waals surface area contributed by atoms with Gasteiger partial charge < -0.3 is 4.74 Å². The first-order chi connectivity index (χ1) is 7.66. The molecule has 1 aromatic carbocycles. The number of aromatic nitrogens is 2. The normalized spacial score (nSPS) is 10.4. The molecule has 3 nitrogen and oxygen atoms in total. The highest BCUT2D eigenvalue weighted by atomic mass is 35.5. The molecule has 0 saturated carbocycles. The molecule has 0 spiro atoms. The predicted octanol–water partition coefficient (Wildman–Crippen LogP) is 2.79. The summed E-state index contributed by atoms with van der Waals surface area (Å²) in [6.45, 7) is 0.0719. The summed E-state index contributed by atoms with van der Waals surface area (Å²) < 4.78 is 20.3. The fourth-order valence-corrected chi connectivity index (χ4v) is 1.50. The lowest BCUT2D eigenvalue weighted by atomic mass is 10.2. The molecule has 0 unspecified atom stereocenters. The zero-order valence-corrected chi connectivity index (χ0v) is 9.41. The maximum Gasteiger partial charge on any atom is 0.233 e. The van der Waals surface area contributed by atoms with Gasteiger partial charge in [-0.05, 0) is 12.1 Å². The molecule has 0 amide bonds. The summed E-state index contributed by atoms with van der Waals surface area (Å²) in [4.78, 5) is 0. The second kappa shape index (κ2) is 4.53. The molecule has 5 heteroatoms. The van der Waals surface area contributed by atoms with Gasteiger partial charge in [-0.25, -0.2) is 4.39 Å². The molecule has 0 fully saturated rings. The molecule has 1 heterocycles. The fraction of sp³-hybridized carbons (Fsp3) is 0.182. The van der Waals surface area contributed by atoms with Crippen LogP contribution in [-0.2, 0) is 13.7 Å². The smallest absolute Gasteiger partial charge is 0.233 e. The average molecular weight is 241 g/mol. The van der Waals surface area contributed by atoms with Crippen LogP contribution in [0.5, 0.6) is 5.88 Å². The number of halogens is 2. The molecule has 0 bridgehead atoms. The highest BCUT2D eigenvalue weighted by molar-refractivity contribution is 6.31. The van der Waals surface area contributed by atoms with E-state index in [1.165, 1.54) is 6.07 Å². The van der Waals surface area contributed by atoms with E-state index in [9.17, 15) is 4.39 Å². The minimum atomic E-state index is -0.372. The lowest BCUT2D eigenvalue weighted by molar-refractivity contribution is 0.285. The quantitative estimate of drug-likeness (QED) is 0.825. The number of hydrogen-bond acceptors (Lipinski definition) is 2. The van der Waals surface area contributed by atoms with E-state index in [0.717, 1.165) is 0 Å². The highest BCUT2D eigenvalue weighted by Gasteiger charge is 2.08. The minimum absolute atomic E-state index is 0.0719. The van der Waals surface area contributed by atoms with Gasteiger partial charge in [0.2, 0.25) is 5.88 Å². The molecule has 1 aromatic heterocycles. The third-order valence-corrected chi connectivity index (χ3v) is 2.47. The van der Waals surface area contributed by atoms with Gasteiger partial charge in [0.25, 0.3) is 0 Å². The van der Waals surface area contributed by atoms with Crippen LogP contribution in [-0.4, -0.2) is 9.78 Å². The second-order valence-corrected chi connectivity index (χ2v) is 3.72. The van der Waals surface area contributed by atoms with E-state index in [-0.39, 0.29) is 12.4 Å². The van der Waals surface area contributed by atoms with Crippen LogP contribution >= 0.6 is 11.6 Å². The summed E-state index contributed by atoms with van der Waals surface area (Å²) in [6.07, 6.45) is 1.75. The van der Waals surface area contributed by atoms with E-state index in [1.54, 1.807) is 36.1 Å². The van der Waals surface area contributed by atoms with Crippen molar-refractivity contribution in [3.63, 3.8) is 0 Å². The number of nitrogens with zero attached hydrogens (tertiary/aromatic N) is 2. The fourth-order valence-electron chi connectivity index (χ4n) is 1.29. The first-order valence-electron chi connectivity index (χ1n) is 4.72. The van der Waals surface area contributed by atoms with Crippen molar-refractivity contribution in [2.45, 2.75) is 6.61 Å². The van der Waals surface area contributed by atoms with Crippen molar-refractivity contribution < 1.29 is 9.13 Å². The Morgan fingerprint density at radius 3 is 2.88 bits per heavy atom. The molecule has 16 heavy (non-hydrogen) atoms. The number of rotatable bonds is 3. The molecule has 0 aliphatic heterocycles. The van der Waals surface area contributed by atoms with Crippen molar-refractivity contribution in [2.75, 3.05) is 0 Å². The Hall–Kier alpha value is -1.55. The molecule has 0 saturated heterocycles. The van der Waals surface area contributed by atoms with Crippen LogP contribution in [0.2, 0.25) is 5.02 Å². The van der Waals surface area contributed by atoms with Crippen LogP contribution in [0.3, 0.4) is 0 Å². The molecule has 0 aliphatic carbocycles. The lowest BCUT2D eigenvalue weighted by Crippen LogP contribution is -2.00. The Balaban J connectivity index is 2.10. The van der Waals surface area contributed by atoms with Crippen molar-refractivity contribution in [3.8, 4) is 5.88 Å². The first kappa shape index (κ1) is 11.0. The first-order valence-corrected chi connectivity index (χ1v) is 5.10. The summed E-state index contributed by atoms with van der Waals surface area (Å²) in [7, 11) is 1.78. The SMILES string of the molecule is Cn1ccc(OCc2c(F)cccc2Cl)n1. The molecule has 2 rings (SSSR count).